The minimum atomic E-state index is -0.0222. The minimum Gasteiger partial charge on any atom is -0.465 e. The molecular weight excluding hydrogens is 368 g/mol. The number of fused-ring (bicyclic) bond motifs is 1. The lowest BCUT2D eigenvalue weighted by Crippen LogP contribution is -2.30. The molecule has 3 saturated carbocycles. The fraction of sp³-hybridized carbons (Fsp3) is 0.917. The second-order valence-corrected chi connectivity index (χ2v) is 10.3. The van der Waals surface area contributed by atoms with Gasteiger partial charge in [-0.1, -0.05) is 13.8 Å². The van der Waals surface area contributed by atoms with Gasteiger partial charge in [0, 0.05) is 0 Å². The van der Waals surface area contributed by atoms with E-state index < -0.39 is 0 Å². The third-order valence-corrected chi connectivity index (χ3v) is 8.16. The van der Waals surface area contributed by atoms with Crippen molar-refractivity contribution in [3.05, 3.63) is 0 Å². The van der Waals surface area contributed by atoms with Crippen LogP contribution < -0.4 is 0 Å². The van der Waals surface area contributed by atoms with Crippen LogP contribution in [0, 0.1) is 35.5 Å². The first-order valence-corrected chi connectivity index (χ1v) is 12.0. The quantitative estimate of drug-likeness (QED) is 0.479. The van der Waals surface area contributed by atoms with E-state index in [1.54, 1.807) is 0 Å². The fourth-order valence-electron chi connectivity index (χ4n) is 5.58. The second-order valence-electron chi connectivity index (χ2n) is 10.3. The fourth-order valence-corrected chi connectivity index (χ4v) is 5.58. The molecule has 0 N–H and O–H groups in total. The summed E-state index contributed by atoms with van der Waals surface area (Å²) in [5.41, 5.74) is 0. The summed E-state index contributed by atoms with van der Waals surface area (Å²) < 4.78 is 16.8. The highest BCUT2D eigenvalue weighted by molar-refractivity contribution is 5.73. The number of rotatable bonds is 6. The van der Waals surface area contributed by atoms with Crippen LogP contribution in [0.2, 0.25) is 0 Å². The van der Waals surface area contributed by atoms with Gasteiger partial charge in [-0.2, -0.15) is 0 Å². The molecule has 29 heavy (non-hydrogen) atoms. The van der Waals surface area contributed by atoms with E-state index in [-0.39, 0.29) is 23.8 Å². The van der Waals surface area contributed by atoms with Gasteiger partial charge in [0.05, 0.1) is 37.3 Å². The minimum absolute atomic E-state index is 0.0222. The monoisotopic (exact) mass is 406 g/mol. The summed E-state index contributed by atoms with van der Waals surface area (Å²) in [6.07, 6.45) is 10.9. The Bertz CT molecular complexity index is 582. The van der Waals surface area contributed by atoms with Gasteiger partial charge in [0.2, 0.25) is 0 Å². The number of hydrogen-bond donors (Lipinski definition) is 0. The average molecular weight is 407 g/mol. The zero-order valence-electron chi connectivity index (χ0n) is 18.1. The van der Waals surface area contributed by atoms with Crippen molar-refractivity contribution in [2.75, 3.05) is 13.2 Å². The SMILES string of the molecule is C[C@@H]1CC[C@H](C(=O)OC[C@H]2CC[C@@H](COC(=O)[C@H]3CC[C@H]4O[C@H]4C3)CC2)C[C@@H]1C. The van der Waals surface area contributed by atoms with E-state index in [4.69, 9.17) is 14.2 Å². The first kappa shape index (κ1) is 21.1. The highest BCUT2D eigenvalue weighted by Gasteiger charge is 2.46. The molecule has 3 aliphatic carbocycles. The molecule has 0 amide bonds. The van der Waals surface area contributed by atoms with Crippen molar-refractivity contribution in [3.8, 4) is 0 Å². The predicted molar refractivity (Wildman–Crippen MR) is 109 cm³/mol. The summed E-state index contributed by atoms with van der Waals surface area (Å²) in [6, 6.07) is 0. The molecular formula is C24H38O5. The maximum absolute atomic E-state index is 12.4. The summed E-state index contributed by atoms with van der Waals surface area (Å²) in [5, 5.41) is 0. The van der Waals surface area contributed by atoms with Gasteiger partial charge in [-0.15, -0.1) is 0 Å². The number of hydrogen-bond acceptors (Lipinski definition) is 5. The molecule has 1 heterocycles. The molecule has 1 aliphatic heterocycles. The molecule has 6 atom stereocenters. The van der Waals surface area contributed by atoms with Crippen LogP contribution >= 0.6 is 0 Å². The average Bonchev–Trinajstić information content (AvgIpc) is 3.52. The molecule has 0 spiro atoms. The molecule has 4 aliphatic rings. The third-order valence-electron chi connectivity index (χ3n) is 8.16. The van der Waals surface area contributed by atoms with Gasteiger partial charge < -0.3 is 14.2 Å². The van der Waals surface area contributed by atoms with Gasteiger partial charge >= 0.3 is 11.9 Å². The van der Waals surface area contributed by atoms with Crippen molar-refractivity contribution in [2.24, 2.45) is 35.5 Å². The molecule has 4 rings (SSSR count). The van der Waals surface area contributed by atoms with Gasteiger partial charge in [0.15, 0.2) is 0 Å². The molecule has 1 saturated heterocycles. The van der Waals surface area contributed by atoms with Crippen LogP contribution in [-0.2, 0) is 23.8 Å². The molecule has 164 valence electrons. The van der Waals surface area contributed by atoms with E-state index >= 15 is 0 Å². The Morgan fingerprint density at radius 2 is 1.24 bits per heavy atom. The van der Waals surface area contributed by atoms with Crippen molar-refractivity contribution < 1.29 is 23.8 Å². The van der Waals surface area contributed by atoms with Crippen LogP contribution in [0.5, 0.6) is 0 Å². The highest BCUT2D eigenvalue weighted by atomic mass is 16.6. The van der Waals surface area contributed by atoms with Crippen LogP contribution in [0.1, 0.15) is 78.1 Å². The summed E-state index contributed by atoms with van der Waals surface area (Å²) >= 11 is 0. The van der Waals surface area contributed by atoms with Crippen LogP contribution in [0.15, 0.2) is 0 Å². The number of epoxide rings is 1. The predicted octanol–water partition coefficient (Wildman–Crippen LogP) is 4.52. The number of carbonyl (C=O) groups excluding carboxylic acids is 2. The van der Waals surface area contributed by atoms with Crippen LogP contribution in [-0.4, -0.2) is 37.4 Å². The summed E-state index contributed by atoms with van der Waals surface area (Å²) in [6.45, 7) is 5.65. The lowest BCUT2D eigenvalue weighted by molar-refractivity contribution is -0.154. The van der Waals surface area contributed by atoms with Crippen LogP contribution in [0.3, 0.4) is 0 Å². The number of ether oxygens (including phenoxy) is 3. The Balaban J connectivity index is 1.09. The maximum Gasteiger partial charge on any atom is 0.309 e. The van der Waals surface area contributed by atoms with Gasteiger partial charge in [-0.3, -0.25) is 9.59 Å². The van der Waals surface area contributed by atoms with Gasteiger partial charge in [-0.25, -0.2) is 0 Å². The largest absolute Gasteiger partial charge is 0.465 e. The van der Waals surface area contributed by atoms with E-state index in [0.717, 1.165) is 70.1 Å². The van der Waals surface area contributed by atoms with Crippen LogP contribution in [0.4, 0.5) is 0 Å². The first-order chi connectivity index (χ1) is 14.0. The van der Waals surface area contributed by atoms with E-state index in [9.17, 15) is 9.59 Å². The summed E-state index contributed by atoms with van der Waals surface area (Å²) in [5.74, 6) is 2.41. The Morgan fingerprint density at radius 1 is 0.690 bits per heavy atom. The van der Waals surface area contributed by atoms with E-state index in [1.165, 1.54) is 0 Å². The van der Waals surface area contributed by atoms with Crippen LogP contribution in [0.25, 0.3) is 0 Å². The number of carbonyl (C=O) groups is 2. The second kappa shape index (κ2) is 9.36. The van der Waals surface area contributed by atoms with Crippen molar-refractivity contribution in [1.82, 2.24) is 0 Å². The Hall–Kier alpha value is -1.10. The van der Waals surface area contributed by atoms with E-state index in [2.05, 4.69) is 13.8 Å². The Morgan fingerprint density at radius 3 is 1.79 bits per heavy atom. The summed E-state index contributed by atoms with van der Waals surface area (Å²) in [7, 11) is 0. The molecule has 0 unspecified atom stereocenters. The maximum atomic E-state index is 12.4. The molecule has 4 fully saturated rings. The van der Waals surface area contributed by atoms with Crippen molar-refractivity contribution in [2.45, 2.75) is 90.3 Å². The Kier molecular flexibility index (Phi) is 6.83. The van der Waals surface area contributed by atoms with Crippen molar-refractivity contribution in [1.29, 1.82) is 0 Å². The first-order valence-electron chi connectivity index (χ1n) is 12.0. The lowest BCUT2D eigenvalue weighted by Gasteiger charge is -2.32. The van der Waals surface area contributed by atoms with Gasteiger partial charge in [0.1, 0.15) is 0 Å². The lowest BCUT2D eigenvalue weighted by atomic mass is 9.76. The summed E-state index contributed by atoms with van der Waals surface area (Å²) in [4.78, 5) is 24.7. The zero-order chi connectivity index (χ0) is 20.4. The standard InChI is InChI=1S/C24H38O5/c1-15-3-8-19(11-16(15)2)23(25)27-13-17-4-6-18(7-5-17)14-28-24(26)20-9-10-21-22(12-20)29-21/h15-22H,3-14H2,1-2H3/t15-,16+,17-,18+,19+,20+,21-,22+/m1/s1. The molecule has 0 bridgehead atoms. The smallest absolute Gasteiger partial charge is 0.309 e. The zero-order valence-corrected chi connectivity index (χ0v) is 18.1. The molecule has 0 radical (unpaired) electrons. The van der Waals surface area contributed by atoms with E-state index in [1.807, 2.05) is 0 Å². The highest BCUT2D eigenvalue weighted by Crippen LogP contribution is 2.40. The molecule has 0 aromatic heterocycles. The third kappa shape index (κ3) is 5.53. The molecule has 5 heteroatoms. The van der Waals surface area contributed by atoms with Gasteiger partial charge in [0.25, 0.3) is 0 Å². The molecule has 0 aromatic carbocycles. The number of esters is 2. The molecule has 5 nitrogen and oxygen atoms in total. The van der Waals surface area contributed by atoms with Gasteiger partial charge in [-0.05, 0) is 87.9 Å². The normalized spacial score (nSPS) is 41.9. The van der Waals surface area contributed by atoms with Crippen molar-refractivity contribution >= 4 is 11.9 Å². The Labute approximate surface area is 175 Å². The topological polar surface area (TPSA) is 65.1 Å². The molecule has 0 aromatic rings. The van der Waals surface area contributed by atoms with Crippen molar-refractivity contribution in [3.63, 3.8) is 0 Å². The van der Waals surface area contributed by atoms with E-state index in [0.29, 0.717) is 43.2 Å².